The highest BCUT2D eigenvalue weighted by Gasteiger charge is 1.88. The maximum absolute atomic E-state index is 9.55. The van der Waals surface area contributed by atoms with Gasteiger partial charge in [0, 0.05) is 12.2 Å². The van der Waals surface area contributed by atoms with E-state index in [1.54, 1.807) is 0 Å². The Morgan fingerprint density at radius 2 is 1.17 bits per heavy atom. The maximum atomic E-state index is 9.55. The third-order valence-corrected chi connectivity index (χ3v) is 0.468. The molecule has 0 aromatic carbocycles. The van der Waals surface area contributed by atoms with Crippen molar-refractivity contribution in [1.82, 2.24) is 0 Å². The zero-order chi connectivity index (χ0) is 9.98. The average Bonchev–Trinajstić information content (AvgIpc) is 2.01. The molecule has 12 heavy (non-hydrogen) atoms. The molecular formula is C6H10O6. The lowest BCUT2D eigenvalue weighted by Crippen LogP contribution is -1.91. The Morgan fingerprint density at radius 3 is 1.25 bits per heavy atom. The minimum absolute atomic E-state index is 0.125. The van der Waals surface area contributed by atoms with E-state index in [0.717, 1.165) is 0 Å². The summed E-state index contributed by atoms with van der Waals surface area (Å²) in [5.41, 5.74) is 0. The molecule has 0 aromatic rings. The molecular weight excluding hydrogens is 168 g/mol. The number of aliphatic hydroxyl groups is 2. The minimum Gasteiger partial charge on any atom is -0.478 e. The molecule has 0 fully saturated rings. The van der Waals surface area contributed by atoms with Gasteiger partial charge in [0.25, 0.3) is 0 Å². The molecule has 0 aliphatic carbocycles. The Hall–Kier alpha value is -1.40. The Balaban J connectivity index is 0. The molecule has 0 rings (SSSR count). The van der Waals surface area contributed by atoms with Crippen molar-refractivity contribution in [3.05, 3.63) is 12.2 Å². The highest BCUT2D eigenvalue weighted by Crippen LogP contribution is 1.70. The standard InChI is InChI=1S/C4H4O4.C2H6O2/c5-3(6)1-2-4(7)8;3-1-2-4/h1-2H,(H,5,6)(H,7,8);3-4H,1-2H2. The maximum Gasteiger partial charge on any atom is 0.328 e. The fraction of sp³-hybridized carbons (Fsp3) is 0.333. The summed E-state index contributed by atoms with van der Waals surface area (Å²) in [7, 11) is 0. The predicted molar refractivity (Wildman–Crippen MR) is 38.6 cm³/mol. The van der Waals surface area contributed by atoms with E-state index in [1.807, 2.05) is 0 Å². The van der Waals surface area contributed by atoms with Crippen LogP contribution < -0.4 is 0 Å². The quantitative estimate of drug-likeness (QED) is 0.398. The minimum atomic E-state index is -1.26. The van der Waals surface area contributed by atoms with Crippen LogP contribution in [0.1, 0.15) is 0 Å². The first-order valence-electron chi connectivity index (χ1n) is 2.90. The zero-order valence-electron chi connectivity index (χ0n) is 6.17. The molecule has 6 heteroatoms. The first kappa shape index (κ1) is 13.2. The lowest BCUT2D eigenvalue weighted by Gasteiger charge is -1.74. The Labute approximate surface area is 68.4 Å². The van der Waals surface area contributed by atoms with Crippen molar-refractivity contribution >= 4 is 11.9 Å². The highest BCUT2D eigenvalue weighted by molar-refractivity contribution is 5.89. The van der Waals surface area contributed by atoms with Gasteiger partial charge < -0.3 is 20.4 Å². The predicted octanol–water partition coefficient (Wildman–Crippen LogP) is -1.32. The van der Waals surface area contributed by atoms with Gasteiger partial charge in [-0.3, -0.25) is 0 Å². The van der Waals surface area contributed by atoms with Crippen LogP contribution in [-0.4, -0.2) is 45.6 Å². The van der Waals surface area contributed by atoms with Gasteiger partial charge in [-0.05, 0) is 0 Å². The summed E-state index contributed by atoms with van der Waals surface area (Å²) >= 11 is 0. The van der Waals surface area contributed by atoms with Crippen LogP contribution in [0.15, 0.2) is 12.2 Å². The molecule has 0 heterocycles. The number of rotatable bonds is 3. The van der Waals surface area contributed by atoms with Crippen LogP contribution in [0, 0.1) is 0 Å². The molecule has 70 valence electrons. The van der Waals surface area contributed by atoms with Gasteiger partial charge in [0.1, 0.15) is 0 Å². The van der Waals surface area contributed by atoms with Crippen LogP contribution >= 0.6 is 0 Å². The van der Waals surface area contributed by atoms with Crippen LogP contribution in [-0.2, 0) is 9.59 Å². The zero-order valence-corrected chi connectivity index (χ0v) is 6.17. The summed E-state index contributed by atoms with van der Waals surface area (Å²) in [4.78, 5) is 19.1. The van der Waals surface area contributed by atoms with Crippen molar-refractivity contribution in [2.45, 2.75) is 0 Å². The summed E-state index contributed by atoms with van der Waals surface area (Å²) in [5, 5.41) is 30.9. The van der Waals surface area contributed by atoms with Crippen LogP contribution in [0.3, 0.4) is 0 Å². The van der Waals surface area contributed by atoms with E-state index in [1.165, 1.54) is 0 Å². The highest BCUT2D eigenvalue weighted by atomic mass is 16.4. The number of aliphatic hydroxyl groups excluding tert-OH is 2. The lowest BCUT2D eigenvalue weighted by molar-refractivity contribution is -0.134. The fourth-order valence-corrected chi connectivity index (χ4v) is 0.143. The largest absolute Gasteiger partial charge is 0.478 e. The summed E-state index contributed by atoms with van der Waals surface area (Å²) in [6, 6.07) is 0. The monoisotopic (exact) mass is 178 g/mol. The molecule has 0 amide bonds. The molecule has 0 atom stereocenters. The summed E-state index contributed by atoms with van der Waals surface area (Å²) in [6.07, 6.45) is 1.12. The number of hydrogen-bond acceptors (Lipinski definition) is 4. The van der Waals surface area contributed by atoms with Gasteiger partial charge in [0.15, 0.2) is 0 Å². The van der Waals surface area contributed by atoms with Gasteiger partial charge in [-0.1, -0.05) is 0 Å². The average molecular weight is 178 g/mol. The molecule has 0 spiro atoms. The molecule has 0 aliphatic heterocycles. The van der Waals surface area contributed by atoms with E-state index in [2.05, 4.69) is 0 Å². The van der Waals surface area contributed by atoms with Crippen molar-refractivity contribution in [3.63, 3.8) is 0 Å². The van der Waals surface area contributed by atoms with Gasteiger partial charge in [-0.2, -0.15) is 0 Å². The SMILES string of the molecule is O=C(O)C=CC(=O)O.OCCO. The van der Waals surface area contributed by atoms with E-state index in [-0.39, 0.29) is 13.2 Å². The molecule has 0 aromatic heterocycles. The topological polar surface area (TPSA) is 115 Å². The lowest BCUT2D eigenvalue weighted by atomic mass is 10.5. The molecule has 0 unspecified atom stereocenters. The normalized spacial score (nSPS) is 8.83. The van der Waals surface area contributed by atoms with Gasteiger partial charge in [-0.15, -0.1) is 0 Å². The summed E-state index contributed by atoms with van der Waals surface area (Å²) in [6.45, 7) is -0.250. The number of carboxylic acids is 2. The molecule has 4 N–H and O–H groups in total. The van der Waals surface area contributed by atoms with E-state index < -0.39 is 11.9 Å². The van der Waals surface area contributed by atoms with Crippen LogP contribution in [0.25, 0.3) is 0 Å². The van der Waals surface area contributed by atoms with Crippen molar-refractivity contribution in [2.75, 3.05) is 13.2 Å². The van der Waals surface area contributed by atoms with Crippen molar-refractivity contribution < 1.29 is 30.0 Å². The molecule has 0 radical (unpaired) electrons. The number of aliphatic carboxylic acids is 2. The molecule has 0 bridgehead atoms. The van der Waals surface area contributed by atoms with Crippen molar-refractivity contribution in [2.24, 2.45) is 0 Å². The van der Waals surface area contributed by atoms with Crippen LogP contribution in [0.2, 0.25) is 0 Å². The Kier molecular flexibility index (Phi) is 10.6. The molecule has 0 aliphatic rings. The number of hydrogen-bond donors (Lipinski definition) is 4. The second-order valence-corrected chi connectivity index (χ2v) is 1.46. The molecule has 0 saturated carbocycles. The second-order valence-electron chi connectivity index (χ2n) is 1.46. The second kappa shape index (κ2) is 9.60. The number of carboxylic acid groups (broad SMARTS) is 2. The number of carbonyl (C=O) groups is 2. The van der Waals surface area contributed by atoms with Gasteiger partial charge in [0.2, 0.25) is 0 Å². The van der Waals surface area contributed by atoms with E-state index in [9.17, 15) is 9.59 Å². The van der Waals surface area contributed by atoms with E-state index in [0.29, 0.717) is 12.2 Å². The van der Waals surface area contributed by atoms with E-state index in [4.69, 9.17) is 20.4 Å². The Bertz CT molecular complexity index is 143. The van der Waals surface area contributed by atoms with Gasteiger partial charge in [-0.25, -0.2) is 9.59 Å². The summed E-state index contributed by atoms with van der Waals surface area (Å²) < 4.78 is 0. The first-order valence-corrected chi connectivity index (χ1v) is 2.90. The van der Waals surface area contributed by atoms with Gasteiger partial charge >= 0.3 is 11.9 Å². The van der Waals surface area contributed by atoms with Crippen LogP contribution in [0.4, 0.5) is 0 Å². The first-order chi connectivity index (χ1) is 5.54. The fourth-order valence-electron chi connectivity index (χ4n) is 0.143. The van der Waals surface area contributed by atoms with Crippen molar-refractivity contribution in [3.8, 4) is 0 Å². The molecule has 6 nitrogen and oxygen atoms in total. The van der Waals surface area contributed by atoms with E-state index >= 15 is 0 Å². The van der Waals surface area contributed by atoms with Gasteiger partial charge in [0.05, 0.1) is 13.2 Å². The third kappa shape index (κ3) is 23.5. The third-order valence-electron chi connectivity index (χ3n) is 0.468. The molecule has 0 saturated heterocycles. The Morgan fingerprint density at radius 1 is 0.917 bits per heavy atom. The summed E-state index contributed by atoms with van der Waals surface area (Å²) in [5.74, 6) is -2.51. The smallest absolute Gasteiger partial charge is 0.328 e. The van der Waals surface area contributed by atoms with Crippen molar-refractivity contribution in [1.29, 1.82) is 0 Å². The van der Waals surface area contributed by atoms with Crippen LogP contribution in [0.5, 0.6) is 0 Å².